The van der Waals surface area contributed by atoms with Gasteiger partial charge in [0, 0.05) is 30.7 Å². The Labute approximate surface area is 146 Å². The van der Waals surface area contributed by atoms with Gasteiger partial charge in [0.05, 0.1) is 12.0 Å². The Morgan fingerprint density at radius 2 is 2.08 bits per heavy atom. The highest BCUT2D eigenvalue weighted by molar-refractivity contribution is 7.12. The Bertz CT molecular complexity index is 704. The van der Waals surface area contributed by atoms with E-state index in [1.165, 1.54) is 11.3 Å². The van der Waals surface area contributed by atoms with E-state index in [4.69, 9.17) is 9.47 Å². The summed E-state index contributed by atoms with van der Waals surface area (Å²) in [6.07, 6.45) is 1.74. The van der Waals surface area contributed by atoms with E-state index in [-0.39, 0.29) is 11.3 Å². The number of hydrogen-bond acceptors (Lipinski definition) is 4. The van der Waals surface area contributed by atoms with Gasteiger partial charge < -0.3 is 14.8 Å². The van der Waals surface area contributed by atoms with Crippen LogP contribution in [0, 0.1) is 6.92 Å². The van der Waals surface area contributed by atoms with E-state index in [1.54, 1.807) is 7.11 Å². The second-order valence-electron chi connectivity index (χ2n) is 6.26. The number of amides is 1. The lowest BCUT2D eigenvalue weighted by Crippen LogP contribution is -2.44. The third-order valence-corrected chi connectivity index (χ3v) is 5.72. The number of thiophene rings is 1. The summed E-state index contributed by atoms with van der Waals surface area (Å²) in [6, 6.07) is 10.0. The third kappa shape index (κ3) is 3.47. The SMILES string of the molecule is COc1ccccc1C1(CNC(=O)c2cc(C)cs2)CCOCC1. The molecule has 0 saturated carbocycles. The van der Waals surface area contributed by atoms with Gasteiger partial charge in [0.25, 0.3) is 5.91 Å². The molecule has 128 valence electrons. The van der Waals surface area contributed by atoms with Crippen molar-refractivity contribution >= 4 is 17.2 Å². The minimum Gasteiger partial charge on any atom is -0.496 e. The molecule has 1 saturated heterocycles. The van der Waals surface area contributed by atoms with Crippen molar-refractivity contribution in [2.45, 2.75) is 25.2 Å². The normalized spacial score (nSPS) is 16.6. The van der Waals surface area contributed by atoms with Crippen LogP contribution in [0.2, 0.25) is 0 Å². The highest BCUT2D eigenvalue weighted by atomic mass is 32.1. The smallest absolute Gasteiger partial charge is 0.261 e. The van der Waals surface area contributed by atoms with Crippen LogP contribution in [0.4, 0.5) is 0 Å². The predicted molar refractivity (Wildman–Crippen MR) is 96.1 cm³/mol. The zero-order valence-corrected chi connectivity index (χ0v) is 14.9. The first-order chi connectivity index (χ1) is 11.6. The number of carbonyl (C=O) groups is 1. The van der Waals surface area contributed by atoms with E-state index in [0.717, 1.165) is 34.6 Å². The monoisotopic (exact) mass is 345 g/mol. The van der Waals surface area contributed by atoms with E-state index >= 15 is 0 Å². The van der Waals surface area contributed by atoms with Crippen LogP contribution in [0.1, 0.15) is 33.6 Å². The molecule has 0 aliphatic carbocycles. The molecule has 1 fully saturated rings. The minimum atomic E-state index is -0.146. The van der Waals surface area contributed by atoms with Crippen LogP contribution < -0.4 is 10.1 Å². The Kier molecular flexibility index (Phi) is 5.21. The van der Waals surface area contributed by atoms with Crippen molar-refractivity contribution in [1.29, 1.82) is 0 Å². The summed E-state index contributed by atoms with van der Waals surface area (Å²) in [5, 5.41) is 5.13. The molecule has 1 amide bonds. The zero-order valence-electron chi connectivity index (χ0n) is 14.1. The largest absolute Gasteiger partial charge is 0.496 e. The van der Waals surface area contributed by atoms with E-state index < -0.39 is 0 Å². The predicted octanol–water partition coefficient (Wildman–Crippen LogP) is 3.54. The fourth-order valence-corrected chi connectivity index (χ4v) is 4.09. The van der Waals surface area contributed by atoms with Crippen molar-refractivity contribution in [2.24, 2.45) is 0 Å². The van der Waals surface area contributed by atoms with Gasteiger partial charge in [0.2, 0.25) is 0 Å². The summed E-state index contributed by atoms with van der Waals surface area (Å²) in [6.45, 7) is 3.99. The number of carbonyl (C=O) groups excluding carboxylic acids is 1. The summed E-state index contributed by atoms with van der Waals surface area (Å²) in [4.78, 5) is 13.2. The third-order valence-electron chi connectivity index (χ3n) is 4.67. The topological polar surface area (TPSA) is 47.6 Å². The molecule has 1 aromatic carbocycles. The van der Waals surface area contributed by atoms with Gasteiger partial charge in [-0.05, 0) is 42.8 Å². The first-order valence-corrected chi connectivity index (χ1v) is 9.07. The molecule has 0 radical (unpaired) electrons. The van der Waals surface area contributed by atoms with Crippen LogP contribution in [-0.2, 0) is 10.2 Å². The molecular formula is C19H23NO3S. The standard InChI is InChI=1S/C19H23NO3S/c1-14-11-17(24-12-14)18(21)20-13-19(7-9-23-10-8-19)15-5-3-4-6-16(15)22-2/h3-6,11-12H,7-10,13H2,1-2H3,(H,20,21). The number of rotatable bonds is 5. The van der Waals surface area contributed by atoms with Gasteiger partial charge in [-0.1, -0.05) is 18.2 Å². The average molecular weight is 345 g/mol. The number of hydrogen-bond donors (Lipinski definition) is 1. The number of methoxy groups -OCH3 is 1. The summed E-state index contributed by atoms with van der Waals surface area (Å²) in [5.74, 6) is 0.870. The molecule has 3 rings (SSSR count). The molecule has 2 heterocycles. The van der Waals surface area contributed by atoms with Gasteiger partial charge in [-0.15, -0.1) is 11.3 Å². The fraction of sp³-hybridized carbons (Fsp3) is 0.421. The van der Waals surface area contributed by atoms with Crippen molar-refractivity contribution in [3.8, 4) is 5.75 Å². The number of nitrogens with one attached hydrogen (secondary N) is 1. The van der Waals surface area contributed by atoms with Crippen LogP contribution in [0.5, 0.6) is 5.75 Å². The van der Waals surface area contributed by atoms with Gasteiger partial charge in [-0.2, -0.15) is 0 Å². The summed E-state index contributed by atoms with van der Waals surface area (Å²) in [5.41, 5.74) is 2.13. The molecular weight excluding hydrogens is 322 g/mol. The average Bonchev–Trinajstić information content (AvgIpc) is 3.07. The molecule has 0 bridgehead atoms. The van der Waals surface area contributed by atoms with Gasteiger partial charge in [0.15, 0.2) is 0 Å². The minimum absolute atomic E-state index is 0.00568. The molecule has 0 unspecified atom stereocenters. The molecule has 2 aromatic rings. The highest BCUT2D eigenvalue weighted by Crippen LogP contribution is 2.39. The van der Waals surface area contributed by atoms with Crippen LogP contribution in [0.25, 0.3) is 0 Å². The fourth-order valence-electron chi connectivity index (χ4n) is 3.27. The highest BCUT2D eigenvalue weighted by Gasteiger charge is 2.37. The molecule has 0 spiro atoms. The Morgan fingerprint density at radius 1 is 1.33 bits per heavy atom. The number of benzene rings is 1. The maximum atomic E-state index is 12.5. The zero-order chi connectivity index (χ0) is 17.0. The Balaban J connectivity index is 1.82. The lowest BCUT2D eigenvalue weighted by Gasteiger charge is -2.38. The number of aryl methyl sites for hydroxylation is 1. The van der Waals surface area contributed by atoms with E-state index in [2.05, 4.69) is 11.4 Å². The number of ether oxygens (including phenoxy) is 2. The van der Waals surface area contributed by atoms with Gasteiger partial charge in [0.1, 0.15) is 5.75 Å². The van der Waals surface area contributed by atoms with Crippen LogP contribution in [0.15, 0.2) is 35.7 Å². The van der Waals surface area contributed by atoms with Crippen molar-refractivity contribution < 1.29 is 14.3 Å². The van der Waals surface area contributed by atoms with Crippen LogP contribution in [-0.4, -0.2) is 32.8 Å². The molecule has 1 aliphatic rings. The molecule has 5 heteroatoms. The van der Waals surface area contributed by atoms with Gasteiger partial charge >= 0.3 is 0 Å². The first kappa shape index (κ1) is 17.0. The second kappa shape index (κ2) is 7.36. The van der Waals surface area contributed by atoms with E-state index in [9.17, 15) is 4.79 Å². The van der Waals surface area contributed by atoms with Gasteiger partial charge in [-0.25, -0.2) is 0 Å². The van der Waals surface area contributed by atoms with Crippen molar-refractivity contribution in [1.82, 2.24) is 5.32 Å². The molecule has 1 aromatic heterocycles. The Morgan fingerprint density at radius 3 is 2.75 bits per heavy atom. The second-order valence-corrected chi connectivity index (χ2v) is 7.18. The van der Waals surface area contributed by atoms with Gasteiger partial charge in [-0.3, -0.25) is 4.79 Å². The quantitative estimate of drug-likeness (QED) is 0.901. The van der Waals surface area contributed by atoms with E-state index in [0.29, 0.717) is 19.8 Å². The summed E-state index contributed by atoms with van der Waals surface area (Å²) >= 11 is 1.49. The first-order valence-electron chi connectivity index (χ1n) is 8.19. The van der Waals surface area contributed by atoms with Crippen molar-refractivity contribution in [3.05, 3.63) is 51.7 Å². The maximum absolute atomic E-state index is 12.5. The Hall–Kier alpha value is -1.85. The summed E-state index contributed by atoms with van der Waals surface area (Å²) < 4.78 is 11.1. The maximum Gasteiger partial charge on any atom is 0.261 e. The molecule has 4 nitrogen and oxygen atoms in total. The molecule has 1 N–H and O–H groups in total. The van der Waals surface area contributed by atoms with Crippen LogP contribution >= 0.6 is 11.3 Å². The van der Waals surface area contributed by atoms with E-state index in [1.807, 2.05) is 36.6 Å². The van der Waals surface area contributed by atoms with Crippen molar-refractivity contribution in [3.63, 3.8) is 0 Å². The van der Waals surface area contributed by atoms with Crippen molar-refractivity contribution in [2.75, 3.05) is 26.9 Å². The summed E-state index contributed by atoms with van der Waals surface area (Å²) in [7, 11) is 1.69. The molecule has 0 atom stereocenters. The molecule has 1 aliphatic heterocycles. The number of para-hydroxylation sites is 1. The lowest BCUT2D eigenvalue weighted by atomic mass is 9.73. The molecule has 24 heavy (non-hydrogen) atoms. The lowest BCUT2D eigenvalue weighted by molar-refractivity contribution is 0.0479. The van der Waals surface area contributed by atoms with Crippen LogP contribution in [0.3, 0.4) is 0 Å².